The van der Waals surface area contributed by atoms with E-state index in [0.29, 0.717) is 30.5 Å². The summed E-state index contributed by atoms with van der Waals surface area (Å²) in [4.78, 5) is 28.9. The van der Waals surface area contributed by atoms with Gasteiger partial charge in [-0.1, -0.05) is 0 Å². The van der Waals surface area contributed by atoms with Gasteiger partial charge in [-0.3, -0.25) is 4.79 Å². The molecular formula is C20H23F2N3O3. The van der Waals surface area contributed by atoms with Crippen LogP contribution in [0.5, 0.6) is 0 Å². The van der Waals surface area contributed by atoms with Gasteiger partial charge in [0, 0.05) is 11.9 Å². The lowest BCUT2D eigenvalue weighted by molar-refractivity contribution is 0.0463. The van der Waals surface area contributed by atoms with Gasteiger partial charge in [0.2, 0.25) is 0 Å². The van der Waals surface area contributed by atoms with Gasteiger partial charge in [-0.2, -0.15) is 0 Å². The minimum atomic E-state index is -1.34. The van der Waals surface area contributed by atoms with E-state index in [-0.39, 0.29) is 17.6 Å². The number of carbonyl (C=O) groups is 2. The molecule has 1 aromatic carbocycles. The van der Waals surface area contributed by atoms with Gasteiger partial charge < -0.3 is 15.0 Å². The van der Waals surface area contributed by atoms with Crippen molar-refractivity contribution in [2.24, 2.45) is 0 Å². The number of hydrogen-bond acceptors (Lipinski definition) is 5. The van der Waals surface area contributed by atoms with E-state index in [9.17, 15) is 18.4 Å². The highest BCUT2D eigenvalue weighted by Crippen LogP contribution is 2.30. The number of fused-ring (bicyclic) bond motifs is 1. The second-order valence-electron chi connectivity index (χ2n) is 7.82. The van der Waals surface area contributed by atoms with Crippen LogP contribution in [0, 0.1) is 5.82 Å². The lowest BCUT2D eigenvalue weighted by atomic mass is 10.0. The van der Waals surface area contributed by atoms with Crippen LogP contribution in [0.25, 0.3) is 10.9 Å². The van der Waals surface area contributed by atoms with Gasteiger partial charge in [0.05, 0.1) is 23.8 Å². The first-order chi connectivity index (χ1) is 13.2. The van der Waals surface area contributed by atoms with Crippen LogP contribution in [0.3, 0.4) is 0 Å². The quantitative estimate of drug-likeness (QED) is 0.809. The van der Waals surface area contributed by atoms with Crippen LogP contribution in [0.4, 0.5) is 19.3 Å². The van der Waals surface area contributed by atoms with Crippen molar-refractivity contribution in [1.29, 1.82) is 0 Å². The summed E-state index contributed by atoms with van der Waals surface area (Å²) >= 11 is 0. The molecule has 150 valence electrons. The molecule has 0 bridgehead atoms. The zero-order chi connectivity index (χ0) is 20.5. The van der Waals surface area contributed by atoms with Crippen molar-refractivity contribution in [3.05, 3.63) is 35.8 Å². The smallest absolute Gasteiger partial charge is 0.407 e. The predicted molar refractivity (Wildman–Crippen MR) is 102 cm³/mol. The number of anilines is 1. The molecule has 2 unspecified atom stereocenters. The molecule has 1 amide bonds. The number of carbonyl (C=O) groups excluding carboxylic acids is 2. The number of ether oxygens (including phenoxy) is 1. The van der Waals surface area contributed by atoms with Crippen LogP contribution in [0.1, 0.15) is 37.7 Å². The number of piperidine rings is 1. The zero-order valence-electron chi connectivity index (χ0n) is 16.0. The molecule has 2 aromatic rings. The van der Waals surface area contributed by atoms with E-state index in [0.717, 1.165) is 0 Å². The van der Waals surface area contributed by atoms with E-state index in [1.807, 2.05) is 0 Å². The molecule has 1 saturated heterocycles. The van der Waals surface area contributed by atoms with Gasteiger partial charge in [0.25, 0.3) is 0 Å². The Hall–Kier alpha value is -2.77. The fraction of sp³-hybridized carbons (Fsp3) is 0.450. The predicted octanol–water partition coefficient (Wildman–Crippen LogP) is 3.63. The summed E-state index contributed by atoms with van der Waals surface area (Å²) < 4.78 is 34.0. The summed E-state index contributed by atoms with van der Waals surface area (Å²) in [5, 5.41) is 2.85. The number of nitrogens with one attached hydrogen (secondary N) is 1. The lowest BCUT2D eigenvalue weighted by Crippen LogP contribution is -2.53. The van der Waals surface area contributed by atoms with E-state index in [1.165, 1.54) is 24.3 Å². The van der Waals surface area contributed by atoms with Gasteiger partial charge in [0.1, 0.15) is 23.3 Å². The minimum Gasteiger partial charge on any atom is -0.444 e. The van der Waals surface area contributed by atoms with Crippen LogP contribution in [-0.4, -0.2) is 48.3 Å². The van der Waals surface area contributed by atoms with Crippen LogP contribution in [-0.2, 0) is 4.74 Å². The standard InChI is InChI=1S/C20H23F2N3O3/c1-20(2,3)28-19(27)24-16-8-9-25(10-15(16)22)17-7-6-14(21)13-5-4-12(11-26)23-18(13)17/h4-7,11,15-16H,8-10H2,1-3H3,(H,24,27). The molecule has 1 fully saturated rings. The van der Waals surface area contributed by atoms with Crippen molar-refractivity contribution in [3.8, 4) is 0 Å². The largest absolute Gasteiger partial charge is 0.444 e. The zero-order valence-corrected chi connectivity index (χ0v) is 16.0. The molecular weight excluding hydrogens is 368 g/mol. The summed E-state index contributed by atoms with van der Waals surface area (Å²) in [5.41, 5.74) is 0.387. The van der Waals surface area contributed by atoms with Gasteiger partial charge in [-0.15, -0.1) is 0 Å². The molecule has 1 aromatic heterocycles. The maximum atomic E-state index is 14.7. The van der Waals surface area contributed by atoms with Crippen molar-refractivity contribution in [2.45, 2.75) is 45.0 Å². The maximum Gasteiger partial charge on any atom is 0.407 e. The molecule has 1 aliphatic rings. The Balaban J connectivity index is 1.78. The number of alkyl carbamates (subject to hydrolysis) is 1. The average molecular weight is 391 g/mol. The Morgan fingerprint density at radius 2 is 2.07 bits per heavy atom. The first-order valence-corrected chi connectivity index (χ1v) is 9.11. The second-order valence-corrected chi connectivity index (χ2v) is 7.82. The molecule has 2 atom stereocenters. The molecule has 28 heavy (non-hydrogen) atoms. The number of alkyl halides is 1. The molecule has 3 rings (SSSR count). The Bertz CT molecular complexity index is 898. The number of nitrogens with zero attached hydrogens (tertiary/aromatic N) is 2. The van der Waals surface area contributed by atoms with E-state index >= 15 is 0 Å². The highest BCUT2D eigenvalue weighted by molar-refractivity contribution is 5.93. The molecule has 8 heteroatoms. The van der Waals surface area contributed by atoms with Gasteiger partial charge in [-0.05, 0) is 51.5 Å². The molecule has 0 saturated carbocycles. The first-order valence-electron chi connectivity index (χ1n) is 9.11. The van der Waals surface area contributed by atoms with Gasteiger partial charge >= 0.3 is 6.09 Å². The average Bonchev–Trinajstić information content (AvgIpc) is 2.62. The molecule has 0 aliphatic carbocycles. The summed E-state index contributed by atoms with van der Waals surface area (Å²) in [5.74, 6) is -0.457. The van der Waals surface area contributed by atoms with Crippen LogP contribution in [0.15, 0.2) is 24.3 Å². The fourth-order valence-electron chi connectivity index (χ4n) is 3.25. The topological polar surface area (TPSA) is 71.5 Å². The van der Waals surface area contributed by atoms with Crippen molar-refractivity contribution in [2.75, 3.05) is 18.0 Å². The first kappa shape index (κ1) is 20.0. The van der Waals surface area contributed by atoms with Gasteiger partial charge in [0.15, 0.2) is 6.29 Å². The van der Waals surface area contributed by atoms with Crippen LogP contribution < -0.4 is 10.2 Å². The van der Waals surface area contributed by atoms with E-state index in [1.54, 1.807) is 25.7 Å². The number of amides is 1. The third-order valence-electron chi connectivity index (χ3n) is 4.51. The Morgan fingerprint density at radius 1 is 1.32 bits per heavy atom. The molecule has 0 spiro atoms. The number of aldehydes is 1. The summed E-state index contributed by atoms with van der Waals surface area (Å²) in [6.45, 7) is 5.66. The van der Waals surface area contributed by atoms with Crippen molar-refractivity contribution < 1.29 is 23.1 Å². The number of benzene rings is 1. The maximum absolute atomic E-state index is 14.7. The molecule has 6 nitrogen and oxygen atoms in total. The highest BCUT2D eigenvalue weighted by Gasteiger charge is 2.32. The monoisotopic (exact) mass is 391 g/mol. The number of halogens is 2. The van der Waals surface area contributed by atoms with Crippen LogP contribution >= 0.6 is 0 Å². The molecule has 1 N–H and O–H groups in total. The number of hydrogen-bond donors (Lipinski definition) is 1. The molecule has 2 heterocycles. The van der Waals surface area contributed by atoms with Crippen molar-refractivity contribution in [3.63, 3.8) is 0 Å². The summed E-state index contributed by atoms with van der Waals surface area (Å²) in [6.07, 6.45) is -1.05. The minimum absolute atomic E-state index is 0.00813. The van der Waals surface area contributed by atoms with Crippen molar-refractivity contribution in [1.82, 2.24) is 10.3 Å². The SMILES string of the molecule is CC(C)(C)OC(=O)NC1CCN(c2ccc(F)c3ccc(C=O)nc23)CC1F. The highest BCUT2D eigenvalue weighted by atomic mass is 19.1. The normalized spacial score (nSPS) is 20.1. The molecule has 1 aliphatic heterocycles. The van der Waals surface area contributed by atoms with Crippen LogP contribution in [0.2, 0.25) is 0 Å². The Morgan fingerprint density at radius 3 is 2.71 bits per heavy atom. The summed E-state index contributed by atoms with van der Waals surface area (Å²) in [6, 6.07) is 5.11. The Kier molecular flexibility index (Phi) is 5.49. The third kappa shape index (κ3) is 4.37. The van der Waals surface area contributed by atoms with Gasteiger partial charge in [-0.25, -0.2) is 18.6 Å². The lowest BCUT2D eigenvalue weighted by Gasteiger charge is -2.37. The van der Waals surface area contributed by atoms with E-state index in [2.05, 4.69) is 10.3 Å². The van der Waals surface area contributed by atoms with Crippen molar-refractivity contribution >= 4 is 29.0 Å². The van der Waals surface area contributed by atoms with E-state index in [4.69, 9.17) is 4.74 Å². The number of rotatable bonds is 3. The van der Waals surface area contributed by atoms with E-state index < -0.39 is 29.7 Å². The number of aromatic nitrogens is 1. The third-order valence-corrected chi connectivity index (χ3v) is 4.51. The number of pyridine rings is 1. The molecule has 0 radical (unpaired) electrons. The summed E-state index contributed by atoms with van der Waals surface area (Å²) in [7, 11) is 0. The fourth-order valence-corrected chi connectivity index (χ4v) is 3.25. The second kappa shape index (κ2) is 7.69. The Labute approximate surface area is 161 Å².